The normalized spacial score (nSPS) is 22.3. The van der Waals surface area contributed by atoms with Crippen LogP contribution in [0.1, 0.15) is 19.4 Å². The molecule has 0 radical (unpaired) electrons. The minimum atomic E-state index is -1.28. The number of carbonyl (C=O) groups excluding carboxylic acids is 2. The summed E-state index contributed by atoms with van der Waals surface area (Å²) in [5.41, 5.74) is 0.121. The fourth-order valence-electron chi connectivity index (χ4n) is 2.60. The molecule has 2 rings (SSSR count). The number of hydrogen-bond donors (Lipinski definition) is 1. The van der Waals surface area contributed by atoms with Crippen molar-refractivity contribution in [1.82, 2.24) is 4.90 Å². The molecule has 0 unspecified atom stereocenters. The molecular weight excluding hydrogens is 318 g/mol. The minimum Gasteiger partial charge on any atom is -0.441 e. The van der Waals surface area contributed by atoms with Gasteiger partial charge in [-0.1, -0.05) is 36.4 Å². The molecule has 0 spiro atoms. The highest BCUT2D eigenvalue weighted by Crippen LogP contribution is 2.33. The Bertz CT molecular complexity index is 602. The first-order valence-electron chi connectivity index (χ1n) is 7.32. The van der Waals surface area contributed by atoms with E-state index in [1.165, 1.54) is 0 Å². The molecule has 1 aliphatic rings. The third-order valence-corrected chi connectivity index (χ3v) is 4.39. The quantitative estimate of drug-likeness (QED) is 0.662. The summed E-state index contributed by atoms with van der Waals surface area (Å²) >= 11 is 5.97. The third-order valence-electron chi connectivity index (χ3n) is 3.95. The highest BCUT2D eigenvalue weighted by atomic mass is 35.5. The summed E-state index contributed by atoms with van der Waals surface area (Å²) in [6.45, 7) is 6.90. The lowest BCUT2D eigenvalue weighted by Crippen LogP contribution is -2.50. The zero-order valence-corrected chi connectivity index (χ0v) is 13.9. The molecule has 1 aliphatic heterocycles. The third kappa shape index (κ3) is 3.57. The average Bonchev–Trinajstić information content (AvgIpc) is 2.75. The Morgan fingerprint density at radius 1 is 1.48 bits per heavy atom. The molecule has 3 atom stereocenters. The number of aliphatic hydroxyl groups excluding tert-OH is 1. The topological polar surface area (TPSA) is 66.8 Å². The van der Waals surface area contributed by atoms with Gasteiger partial charge in [-0.2, -0.15) is 0 Å². The number of halogens is 1. The Morgan fingerprint density at radius 2 is 2.09 bits per heavy atom. The summed E-state index contributed by atoms with van der Waals surface area (Å²) in [5.74, 6) is -0.685. The van der Waals surface area contributed by atoms with E-state index in [0.29, 0.717) is 6.42 Å². The fraction of sp³-hybridized carbons (Fsp3) is 0.412. The predicted molar refractivity (Wildman–Crippen MR) is 87.2 cm³/mol. The van der Waals surface area contributed by atoms with Gasteiger partial charge in [-0.3, -0.25) is 4.79 Å². The molecule has 1 heterocycles. The minimum absolute atomic E-state index is 0.444. The zero-order valence-electron chi connectivity index (χ0n) is 13.1. The summed E-state index contributed by atoms with van der Waals surface area (Å²) in [4.78, 5) is 25.7. The van der Waals surface area contributed by atoms with Gasteiger partial charge in [0.15, 0.2) is 0 Å². The molecule has 1 aromatic rings. The number of ether oxygens (including phenoxy) is 1. The molecule has 6 heteroatoms. The molecule has 1 aromatic carbocycles. The van der Waals surface area contributed by atoms with Crippen LogP contribution in [0.5, 0.6) is 0 Å². The number of benzene rings is 1. The second-order valence-electron chi connectivity index (χ2n) is 6.01. The largest absolute Gasteiger partial charge is 0.441 e. The average molecular weight is 338 g/mol. The van der Waals surface area contributed by atoms with Crippen molar-refractivity contribution in [1.29, 1.82) is 0 Å². The van der Waals surface area contributed by atoms with Crippen molar-refractivity contribution in [3.05, 3.63) is 48.6 Å². The van der Waals surface area contributed by atoms with E-state index in [2.05, 4.69) is 6.58 Å². The summed E-state index contributed by atoms with van der Waals surface area (Å²) in [7, 11) is 0. The first kappa shape index (κ1) is 17.5. The number of imide groups is 1. The van der Waals surface area contributed by atoms with Gasteiger partial charge in [0.05, 0.1) is 12.1 Å². The van der Waals surface area contributed by atoms with Crippen LogP contribution in [0.3, 0.4) is 0 Å². The Hall–Kier alpha value is -1.85. The number of hydrogen-bond acceptors (Lipinski definition) is 4. The summed E-state index contributed by atoms with van der Waals surface area (Å²) in [6, 6.07) is 8.98. The number of nitrogens with zero attached hydrogens (tertiary/aromatic N) is 1. The molecule has 1 N–H and O–H groups in total. The molecule has 0 aliphatic carbocycles. The van der Waals surface area contributed by atoms with E-state index in [0.717, 1.165) is 16.5 Å². The smallest absolute Gasteiger partial charge is 0.417 e. The van der Waals surface area contributed by atoms with Gasteiger partial charge in [0.1, 0.15) is 11.0 Å². The van der Waals surface area contributed by atoms with Crippen LogP contribution in [0.2, 0.25) is 0 Å². The second kappa shape index (κ2) is 6.72. The van der Waals surface area contributed by atoms with Crippen LogP contribution in [-0.2, 0) is 16.0 Å². The molecule has 0 bridgehead atoms. The van der Waals surface area contributed by atoms with E-state index in [-0.39, 0.29) is 0 Å². The van der Waals surface area contributed by atoms with Gasteiger partial charge in [-0.15, -0.1) is 18.2 Å². The van der Waals surface area contributed by atoms with Crippen molar-refractivity contribution in [3.8, 4) is 0 Å². The van der Waals surface area contributed by atoms with Crippen molar-refractivity contribution >= 4 is 23.6 Å². The first-order valence-corrected chi connectivity index (χ1v) is 7.76. The van der Waals surface area contributed by atoms with Gasteiger partial charge >= 0.3 is 6.09 Å². The number of aliphatic hydroxyl groups is 1. The van der Waals surface area contributed by atoms with Crippen LogP contribution in [0.4, 0.5) is 4.79 Å². The molecule has 1 fully saturated rings. The number of alkyl halides is 1. The number of rotatable bonds is 5. The van der Waals surface area contributed by atoms with Gasteiger partial charge in [0.2, 0.25) is 0 Å². The Kier molecular flexibility index (Phi) is 5.12. The zero-order chi connectivity index (χ0) is 17.2. The van der Waals surface area contributed by atoms with E-state index in [9.17, 15) is 14.7 Å². The molecular formula is C17H20ClNO4. The summed E-state index contributed by atoms with van der Waals surface area (Å²) < 4.78 is 5.33. The van der Waals surface area contributed by atoms with Gasteiger partial charge in [0, 0.05) is 0 Å². The van der Waals surface area contributed by atoms with Gasteiger partial charge in [-0.25, -0.2) is 9.69 Å². The maximum atomic E-state index is 12.5. The van der Waals surface area contributed by atoms with Crippen LogP contribution >= 0.6 is 11.6 Å². The van der Waals surface area contributed by atoms with Crippen LogP contribution in [0.25, 0.3) is 0 Å². The van der Waals surface area contributed by atoms with E-state index < -0.39 is 35.1 Å². The Labute approximate surface area is 140 Å². The lowest BCUT2D eigenvalue weighted by Gasteiger charge is -2.29. The fourth-order valence-corrected chi connectivity index (χ4v) is 2.80. The molecule has 23 heavy (non-hydrogen) atoms. The summed E-state index contributed by atoms with van der Waals surface area (Å²) in [6.07, 6.45) is -0.381. The molecule has 0 saturated carbocycles. The second-order valence-corrected chi connectivity index (χ2v) is 6.48. The Morgan fingerprint density at radius 3 is 2.65 bits per heavy atom. The summed E-state index contributed by atoms with van der Waals surface area (Å²) in [5, 5.41) is 8.41. The molecule has 124 valence electrons. The maximum Gasteiger partial charge on any atom is 0.417 e. The lowest BCUT2D eigenvalue weighted by atomic mass is 9.92. The van der Waals surface area contributed by atoms with E-state index in [1.807, 2.05) is 30.3 Å². The van der Waals surface area contributed by atoms with Crippen molar-refractivity contribution < 1.29 is 19.4 Å². The lowest BCUT2D eigenvalue weighted by molar-refractivity contribution is -0.130. The monoisotopic (exact) mass is 337 g/mol. The van der Waals surface area contributed by atoms with Crippen molar-refractivity contribution in [2.75, 3.05) is 0 Å². The molecule has 2 amide bonds. The Balaban J connectivity index is 2.29. The van der Waals surface area contributed by atoms with Crippen molar-refractivity contribution in [3.63, 3.8) is 0 Å². The van der Waals surface area contributed by atoms with Crippen LogP contribution in [-0.4, -0.2) is 45.1 Å². The molecule has 0 aromatic heterocycles. The van der Waals surface area contributed by atoms with E-state index >= 15 is 0 Å². The highest BCUT2D eigenvalue weighted by molar-refractivity contribution is 6.32. The van der Waals surface area contributed by atoms with Crippen LogP contribution in [0.15, 0.2) is 43.0 Å². The van der Waals surface area contributed by atoms with Gasteiger partial charge in [-0.05, 0) is 25.8 Å². The number of carbonyl (C=O) groups is 2. The van der Waals surface area contributed by atoms with Gasteiger partial charge in [0.25, 0.3) is 5.91 Å². The molecule has 5 nitrogen and oxygen atoms in total. The number of cyclic esters (lactones) is 1. The predicted octanol–water partition coefficient (Wildman–Crippen LogP) is 2.51. The van der Waals surface area contributed by atoms with Crippen molar-refractivity contribution in [2.24, 2.45) is 0 Å². The first-order chi connectivity index (χ1) is 10.8. The van der Waals surface area contributed by atoms with Crippen LogP contribution < -0.4 is 0 Å². The number of amides is 2. The maximum absolute atomic E-state index is 12.5. The van der Waals surface area contributed by atoms with E-state index in [1.54, 1.807) is 13.8 Å². The van der Waals surface area contributed by atoms with Crippen molar-refractivity contribution in [2.45, 2.75) is 43.4 Å². The standard InChI is InChI=1S/C17H20ClNO4/c1-4-12(20)14(18)15(21)19-13(17(2,3)23-16(19)22)10-11-8-6-5-7-9-11/h4-9,12-14,20H,1,10H2,2-3H3/t12-,13+,14+/m1/s1. The van der Waals surface area contributed by atoms with Gasteiger partial charge < -0.3 is 9.84 Å². The van der Waals surface area contributed by atoms with Crippen LogP contribution in [0, 0.1) is 0 Å². The SMILES string of the molecule is C=C[C@@H](O)[C@H](Cl)C(=O)N1C(=O)OC(C)(C)[C@@H]1Cc1ccccc1. The molecule has 1 saturated heterocycles. The highest BCUT2D eigenvalue weighted by Gasteiger charge is 2.51. The van der Waals surface area contributed by atoms with E-state index in [4.69, 9.17) is 16.3 Å².